The van der Waals surface area contributed by atoms with Crippen molar-refractivity contribution in [2.45, 2.75) is 97.1 Å². The van der Waals surface area contributed by atoms with Gasteiger partial charge in [0.2, 0.25) is 11.8 Å². The summed E-state index contributed by atoms with van der Waals surface area (Å²) in [5, 5.41) is 17.5. The van der Waals surface area contributed by atoms with Gasteiger partial charge in [0.15, 0.2) is 5.76 Å². The first-order chi connectivity index (χ1) is 23.8. The van der Waals surface area contributed by atoms with Crippen LogP contribution in [0.15, 0.2) is 40.4 Å². The van der Waals surface area contributed by atoms with Gasteiger partial charge in [-0.1, -0.05) is 38.1 Å². The molecule has 0 unspecified atom stereocenters. The number of nitrogens with zero attached hydrogens (tertiary/aromatic N) is 4. The highest BCUT2D eigenvalue weighted by molar-refractivity contribution is 7.13. The molecule has 2 N–H and O–H groups in total. The Labute approximate surface area is 297 Å². The van der Waals surface area contributed by atoms with Crippen LogP contribution < -0.4 is 10.1 Å². The van der Waals surface area contributed by atoms with Crippen LogP contribution in [0.1, 0.15) is 76.8 Å². The number of β-amino-alcohol motifs (C(OH)–C–C–N with tert-alkyl or cyclic N) is 1. The minimum Gasteiger partial charge on any atom is -0.473 e. The summed E-state index contributed by atoms with van der Waals surface area (Å²) in [6.07, 6.45) is 0.444. The van der Waals surface area contributed by atoms with Crippen LogP contribution in [0.3, 0.4) is 0 Å². The smallest absolute Gasteiger partial charge is 0.410 e. The molecular weight excluding hydrogens is 662 g/mol. The molecule has 5 rings (SSSR count). The Morgan fingerprint density at radius 2 is 1.84 bits per heavy atom. The van der Waals surface area contributed by atoms with E-state index in [0.717, 1.165) is 21.7 Å². The summed E-state index contributed by atoms with van der Waals surface area (Å²) in [6.45, 7) is 13.3. The molecule has 1 aromatic carbocycles. The summed E-state index contributed by atoms with van der Waals surface area (Å²) < 4.78 is 22.8. The molecule has 14 heteroatoms. The van der Waals surface area contributed by atoms with E-state index in [9.17, 15) is 19.5 Å². The molecule has 3 atom stereocenters. The van der Waals surface area contributed by atoms with E-state index in [0.29, 0.717) is 44.8 Å². The van der Waals surface area contributed by atoms with Crippen LogP contribution in [0.5, 0.6) is 5.88 Å². The maximum atomic E-state index is 13.9. The summed E-state index contributed by atoms with van der Waals surface area (Å²) in [4.78, 5) is 48.2. The fraction of sp³-hybridized carbons (Fsp3) is 0.583. The highest BCUT2D eigenvalue weighted by atomic mass is 32.1. The number of aromatic nitrogens is 2. The number of carbonyl (C=O) groups excluding carboxylic acids is 3. The molecule has 0 spiro atoms. The van der Waals surface area contributed by atoms with Gasteiger partial charge >= 0.3 is 6.09 Å². The first-order valence-corrected chi connectivity index (χ1v) is 18.1. The summed E-state index contributed by atoms with van der Waals surface area (Å²) in [5.41, 5.74) is 4.26. The van der Waals surface area contributed by atoms with Crippen molar-refractivity contribution in [1.82, 2.24) is 25.3 Å². The van der Waals surface area contributed by atoms with E-state index in [1.807, 2.05) is 71.3 Å². The number of nitrogens with one attached hydrogen (secondary N) is 1. The van der Waals surface area contributed by atoms with E-state index in [-0.39, 0.29) is 55.4 Å². The van der Waals surface area contributed by atoms with E-state index >= 15 is 0 Å². The predicted molar refractivity (Wildman–Crippen MR) is 187 cm³/mol. The topological polar surface area (TPSA) is 157 Å². The van der Waals surface area contributed by atoms with Gasteiger partial charge in [0.05, 0.1) is 34.9 Å². The average Bonchev–Trinajstić information content (AvgIpc) is 3.81. The van der Waals surface area contributed by atoms with Crippen molar-refractivity contribution in [1.29, 1.82) is 0 Å². The maximum absolute atomic E-state index is 13.9. The molecule has 2 fully saturated rings. The molecule has 3 amide bonds. The van der Waals surface area contributed by atoms with Crippen LogP contribution in [0, 0.1) is 12.8 Å². The molecule has 0 aliphatic carbocycles. The summed E-state index contributed by atoms with van der Waals surface area (Å²) >= 11 is 1.58. The number of rotatable bonds is 12. The molecular formula is C36H49N5O8S. The normalized spacial score (nSPS) is 19.1. The second-order valence-corrected chi connectivity index (χ2v) is 15.1. The van der Waals surface area contributed by atoms with Gasteiger partial charge in [-0.25, -0.2) is 9.78 Å². The number of hydrogen-bond acceptors (Lipinski definition) is 11. The van der Waals surface area contributed by atoms with Gasteiger partial charge in [0, 0.05) is 38.7 Å². The molecule has 272 valence electrons. The van der Waals surface area contributed by atoms with Gasteiger partial charge < -0.3 is 39.0 Å². The van der Waals surface area contributed by atoms with Crippen LogP contribution in [-0.2, 0) is 25.6 Å². The SMILES string of the molecule is Cc1ncsc1-c1ccc(CNC(=O)[C@@H]2C[C@@H](O)CN2C(=O)[C@@H](c2cc(OCCOC3CCN(C(=O)OC(C)(C)C)CC3)no2)C(C)C)cc1. The first kappa shape index (κ1) is 37.3. The molecule has 0 bridgehead atoms. The second-order valence-electron chi connectivity index (χ2n) is 14.3. The third-order valence-electron chi connectivity index (χ3n) is 8.82. The molecule has 3 aromatic rings. The van der Waals surface area contributed by atoms with E-state index in [1.165, 1.54) is 4.90 Å². The van der Waals surface area contributed by atoms with Crippen LogP contribution in [-0.4, -0.2) is 99.7 Å². The fourth-order valence-electron chi connectivity index (χ4n) is 6.26. The van der Waals surface area contributed by atoms with E-state index in [2.05, 4.69) is 15.5 Å². The van der Waals surface area contributed by atoms with Crippen LogP contribution in [0.25, 0.3) is 10.4 Å². The lowest BCUT2D eigenvalue weighted by Gasteiger charge is -2.33. The molecule has 0 radical (unpaired) electrons. The number of aliphatic hydroxyl groups is 1. The Morgan fingerprint density at radius 1 is 1.12 bits per heavy atom. The number of benzene rings is 1. The van der Waals surface area contributed by atoms with Gasteiger partial charge in [-0.05, 0) is 62.7 Å². The standard InChI is InChI=1S/C36H49N5O8S/c1-22(2)31(29-18-30(39-49-29)47-16-15-46-27-11-13-40(14-12-27)35(45)48-36(4,5)6)34(44)41-20-26(42)17-28(41)33(43)37-19-24-7-9-25(10-8-24)32-23(3)38-21-50-32/h7-10,18,21-22,26-28,31,42H,11-17,19-20H2,1-6H3,(H,37,43)/t26-,28+,31-/m1/s1. The van der Waals surface area contributed by atoms with Crippen molar-refractivity contribution in [3.05, 3.63) is 52.9 Å². The lowest BCUT2D eigenvalue weighted by atomic mass is 9.91. The van der Waals surface area contributed by atoms with Gasteiger partial charge in [0.1, 0.15) is 24.2 Å². The number of ether oxygens (including phenoxy) is 3. The number of piperidine rings is 1. The largest absolute Gasteiger partial charge is 0.473 e. The number of likely N-dealkylation sites (tertiary alicyclic amines) is 2. The lowest BCUT2D eigenvalue weighted by Crippen LogP contribution is -2.48. The summed E-state index contributed by atoms with van der Waals surface area (Å²) in [7, 11) is 0. The van der Waals surface area contributed by atoms with Crippen molar-refractivity contribution in [3.63, 3.8) is 0 Å². The number of aryl methyl sites for hydroxylation is 1. The van der Waals surface area contributed by atoms with Crippen molar-refractivity contribution < 1.29 is 38.2 Å². The Hall–Kier alpha value is -4.01. The molecule has 13 nitrogen and oxygen atoms in total. The highest BCUT2D eigenvalue weighted by Crippen LogP contribution is 2.33. The minimum absolute atomic E-state index is 0.00751. The van der Waals surface area contributed by atoms with Crippen molar-refractivity contribution in [3.8, 4) is 16.3 Å². The van der Waals surface area contributed by atoms with Gasteiger partial charge in [-0.3, -0.25) is 9.59 Å². The Balaban J connectivity index is 1.10. The Kier molecular flexibility index (Phi) is 12.2. The number of hydrogen-bond donors (Lipinski definition) is 2. The molecule has 2 aliphatic heterocycles. The molecule has 50 heavy (non-hydrogen) atoms. The van der Waals surface area contributed by atoms with Gasteiger partial charge in [0.25, 0.3) is 5.88 Å². The van der Waals surface area contributed by atoms with Gasteiger partial charge in [-0.15, -0.1) is 11.3 Å². The van der Waals surface area contributed by atoms with Crippen LogP contribution in [0.4, 0.5) is 4.79 Å². The molecule has 0 saturated carbocycles. The number of carbonyl (C=O) groups is 3. The average molecular weight is 712 g/mol. The predicted octanol–water partition coefficient (Wildman–Crippen LogP) is 4.92. The number of thiazole rings is 1. The molecule has 2 saturated heterocycles. The van der Waals surface area contributed by atoms with E-state index in [4.69, 9.17) is 18.7 Å². The zero-order valence-electron chi connectivity index (χ0n) is 29.7. The molecule has 2 aliphatic rings. The minimum atomic E-state index is -0.817. The van der Waals surface area contributed by atoms with Gasteiger partial charge in [-0.2, -0.15) is 0 Å². The zero-order chi connectivity index (χ0) is 36.0. The Morgan fingerprint density at radius 3 is 2.48 bits per heavy atom. The Bertz CT molecular complexity index is 1590. The third-order valence-corrected chi connectivity index (χ3v) is 9.80. The zero-order valence-corrected chi connectivity index (χ0v) is 30.5. The lowest BCUT2D eigenvalue weighted by molar-refractivity contribution is -0.141. The van der Waals surface area contributed by atoms with Crippen molar-refractivity contribution in [2.75, 3.05) is 32.8 Å². The maximum Gasteiger partial charge on any atom is 0.410 e. The second kappa shape index (κ2) is 16.3. The summed E-state index contributed by atoms with van der Waals surface area (Å²) in [6, 6.07) is 8.72. The fourth-order valence-corrected chi connectivity index (χ4v) is 7.07. The molecule has 4 heterocycles. The van der Waals surface area contributed by atoms with Crippen molar-refractivity contribution >= 4 is 29.2 Å². The quantitative estimate of drug-likeness (QED) is 0.247. The highest BCUT2D eigenvalue weighted by Gasteiger charge is 2.43. The van der Waals surface area contributed by atoms with Crippen molar-refractivity contribution in [2.24, 2.45) is 5.92 Å². The third kappa shape index (κ3) is 9.61. The van der Waals surface area contributed by atoms with Crippen LogP contribution >= 0.6 is 11.3 Å². The first-order valence-electron chi connectivity index (χ1n) is 17.2. The van der Waals surface area contributed by atoms with E-state index in [1.54, 1.807) is 22.3 Å². The van der Waals surface area contributed by atoms with E-state index < -0.39 is 23.7 Å². The monoisotopic (exact) mass is 711 g/mol. The molecule has 2 aromatic heterocycles. The number of aliphatic hydroxyl groups excluding tert-OH is 1. The summed E-state index contributed by atoms with van der Waals surface area (Å²) in [5.74, 6) is -0.988. The number of amides is 3. The van der Waals surface area contributed by atoms with Crippen LogP contribution in [0.2, 0.25) is 0 Å².